The second kappa shape index (κ2) is 6.04. The van der Waals surface area contributed by atoms with E-state index in [1.165, 1.54) is 6.07 Å². The van der Waals surface area contributed by atoms with Gasteiger partial charge < -0.3 is 9.64 Å². The lowest BCUT2D eigenvalue weighted by Crippen LogP contribution is -2.18. The molecule has 0 heterocycles. The summed E-state index contributed by atoms with van der Waals surface area (Å²) < 4.78 is 52.8. The van der Waals surface area contributed by atoms with Crippen LogP contribution in [0, 0.1) is 5.82 Å². The van der Waals surface area contributed by atoms with Crippen molar-refractivity contribution in [1.82, 2.24) is 4.90 Å². The Bertz CT molecular complexity index is 390. The summed E-state index contributed by atoms with van der Waals surface area (Å²) in [5, 5.41) is 0. The highest BCUT2D eigenvalue weighted by atomic mass is 19.4. The molecule has 0 amide bonds. The number of nitrogens with zero attached hydrogens (tertiary/aromatic N) is 1. The van der Waals surface area contributed by atoms with E-state index in [0.717, 1.165) is 25.1 Å². The number of aryl methyl sites for hydroxylation is 1. The molecule has 0 aliphatic heterocycles. The monoisotopic (exact) mass is 265 g/mol. The van der Waals surface area contributed by atoms with Crippen LogP contribution >= 0.6 is 0 Å². The lowest BCUT2D eigenvalue weighted by Gasteiger charge is -2.12. The average Bonchev–Trinajstić information content (AvgIpc) is 2.20. The zero-order chi connectivity index (χ0) is 13.8. The Labute approximate surface area is 103 Å². The predicted octanol–water partition coefficient (Wildman–Crippen LogP) is 3.22. The first-order chi connectivity index (χ1) is 8.28. The number of alkyl halides is 3. The standard InChI is InChI=1S/C12H15F4NO/c1-17(2)7-3-4-9-5-6-10(13)11(8-9)18-12(14,15)16/h5-6,8H,3-4,7H2,1-2H3. The molecule has 1 rings (SSSR count). The van der Waals surface area contributed by atoms with E-state index in [1.807, 2.05) is 19.0 Å². The highest BCUT2D eigenvalue weighted by molar-refractivity contribution is 5.30. The van der Waals surface area contributed by atoms with Crippen molar-refractivity contribution in [2.75, 3.05) is 20.6 Å². The van der Waals surface area contributed by atoms with E-state index in [1.54, 1.807) is 0 Å². The number of hydrogen-bond donors (Lipinski definition) is 0. The van der Waals surface area contributed by atoms with Crippen molar-refractivity contribution < 1.29 is 22.3 Å². The van der Waals surface area contributed by atoms with Crippen LogP contribution in [-0.4, -0.2) is 31.9 Å². The molecule has 0 unspecified atom stereocenters. The summed E-state index contributed by atoms with van der Waals surface area (Å²) in [7, 11) is 3.81. The van der Waals surface area contributed by atoms with E-state index in [9.17, 15) is 17.6 Å². The van der Waals surface area contributed by atoms with Crippen molar-refractivity contribution in [2.24, 2.45) is 0 Å². The van der Waals surface area contributed by atoms with Gasteiger partial charge in [0.05, 0.1) is 0 Å². The largest absolute Gasteiger partial charge is 0.573 e. The Balaban J connectivity index is 2.68. The molecule has 0 N–H and O–H groups in total. The number of hydrogen-bond acceptors (Lipinski definition) is 2. The molecule has 102 valence electrons. The lowest BCUT2D eigenvalue weighted by molar-refractivity contribution is -0.275. The maximum absolute atomic E-state index is 13.1. The first-order valence-electron chi connectivity index (χ1n) is 5.47. The van der Waals surface area contributed by atoms with Gasteiger partial charge >= 0.3 is 6.36 Å². The highest BCUT2D eigenvalue weighted by Gasteiger charge is 2.32. The minimum Gasteiger partial charge on any atom is -0.403 e. The Morgan fingerprint density at radius 1 is 1.22 bits per heavy atom. The molecule has 0 spiro atoms. The third kappa shape index (κ3) is 5.35. The van der Waals surface area contributed by atoms with Crippen molar-refractivity contribution >= 4 is 0 Å². The Morgan fingerprint density at radius 2 is 1.89 bits per heavy atom. The molecule has 0 fully saturated rings. The van der Waals surface area contributed by atoms with Crippen molar-refractivity contribution in [3.63, 3.8) is 0 Å². The van der Waals surface area contributed by atoms with Crippen molar-refractivity contribution in [3.8, 4) is 5.75 Å². The molecule has 1 aromatic carbocycles. The van der Waals surface area contributed by atoms with Crippen LogP contribution in [0.25, 0.3) is 0 Å². The maximum atomic E-state index is 13.1. The van der Waals surface area contributed by atoms with Crippen LogP contribution in [0.5, 0.6) is 5.75 Å². The number of benzene rings is 1. The zero-order valence-electron chi connectivity index (χ0n) is 10.2. The van der Waals surface area contributed by atoms with Gasteiger partial charge in [0.15, 0.2) is 11.6 Å². The molecular weight excluding hydrogens is 250 g/mol. The number of halogens is 4. The van der Waals surface area contributed by atoms with Gasteiger partial charge in [-0.2, -0.15) is 0 Å². The topological polar surface area (TPSA) is 12.5 Å². The normalized spacial score (nSPS) is 11.9. The summed E-state index contributed by atoms with van der Waals surface area (Å²) in [4.78, 5) is 1.97. The van der Waals surface area contributed by atoms with Gasteiger partial charge in [-0.1, -0.05) is 6.07 Å². The molecule has 0 saturated carbocycles. The molecule has 1 aromatic rings. The summed E-state index contributed by atoms with van der Waals surface area (Å²) in [6, 6.07) is 3.55. The average molecular weight is 265 g/mol. The van der Waals surface area contributed by atoms with Crippen LogP contribution in [0.3, 0.4) is 0 Å². The molecular formula is C12H15F4NO. The third-order valence-electron chi connectivity index (χ3n) is 2.29. The van der Waals surface area contributed by atoms with E-state index < -0.39 is 17.9 Å². The fourth-order valence-corrected chi connectivity index (χ4v) is 1.51. The third-order valence-corrected chi connectivity index (χ3v) is 2.29. The minimum atomic E-state index is -4.87. The van der Waals surface area contributed by atoms with Gasteiger partial charge in [-0.25, -0.2) is 4.39 Å². The Hall–Kier alpha value is -1.30. The SMILES string of the molecule is CN(C)CCCc1ccc(F)c(OC(F)(F)F)c1. The molecule has 0 radical (unpaired) electrons. The molecule has 0 aromatic heterocycles. The Morgan fingerprint density at radius 3 is 2.44 bits per heavy atom. The number of rotatable bonds is 5. The maximum Gasteiger partial charge on any atom is 0.573 e. The summed E-state index contributed by atoms with van der Waals surface area (Å²) in [5.41, 5.74) is 0.623. The minimum absolute atomic E-state index is 0.576. The van der Waals surface area contributed by atoms with E-state index in [0.29, 0.717) is 12.0 Å². The van der Waals surface area contributed by atoms with Gasteiger partial charge in [0.2, 0.25) is 0 Å². The van der Waals surface area contributed by atoms with Crippen LogP contribution in [0.2, 0.25) is 0 Å². The van der Waals surface area contributed by atoms with Crippen LogP contribution in [-0.2, 0) is 6.42 Å². The van der Waals surface area contributed by atoms with Crippen LogP contribution < -0.4 is 4.74 Å². The summed E-state index contributed by atoms with van der Waals surface area (Å²) >= 11 is 0. The first-order valence-corrected chi connectivity index (χ1v) is 5.47. The van der Waals surface area contributed by atoms with Gasteiger partial charge in [0.25, 0.3) is 0 Å². The molecule has 0 saturated heterocycles. The first kappa shape index (κ1) is 14.8. The van der Waals surface area contributed by atoms with Gasteiger partial charge in [0, 0.05) is 0 Å². The van der Waals surface area contributed by atoms with E-state index in [-0.39, 0.29) is 0 Å². The summed E-state index contributed by atoms with van der Waals surface area (Å²) in [5.74, 6) is -1.78. The van der Waals surface area contributed by atoms with Gasteiger partial charge in [0.1, 0.15) is 0 Å². The van der Waals surface area contributed by atoms with Gasteiger partial charge in [-0.05, 0) is 51.2 Å². The van der Waals surface area contributed by atoms with Gasteiger partial charge in [-0.3, -0.25) is 0 Å². The van der Waals surface area contributed by atoms with Crippen LogP contribution in [0.4, 0.5) is 17.6 Å². The van der Waals surface area contributed by atoms with Crippen LogP contribution in [0.15, 0.2) is 18.2 Å². The summed E-state index contributed by atoms with van der Waals surface area (Å²) in [6.07, 6.45) is -3.51. The number of ether oxygens (including phenoxy) is 1. The Kier molecular flexibility index (Phi) is 4.95. The second-order valence-electron chi connectivity index (χ2n) is 4.22. The van der Waals surface area contributed by atoms with Crippen molar-refractivity contribution in [1.29, 1.82) is 0 Å². The van der Waals surface area contributed by atoms with Gasteiger partial charge in [-0.15, -0.1) is 13.2 Å². The molecule has 2 nitrogen and oxygen atoms in total. The van der Waals surface area contributed by atoms with E-state index >= 15 is 0 Å². The lowest BCUT2D eigenvalue weighted by atomic mass is 10.1. The van der Waals surface area contributed by atoms with E-state index in [4.69, 9.17) is 0 Å². The molecule has 6 heteroatoms. The highest BCUT2D eigenvalue weighted by Crippen LogP contribution is 2.26. The molecule has 0 aliphatic carbocycles. The molecule has 0 aliphatic rings. The second-order valence-corrected chi connectivity index (χ2v) is 4.22. The van der Waals surface area contributed by atoms with E-state index in [2.05, 4.69) is 4.74 Å². The molecule has 18 heavy (non-hydrogen) atoms. The summed E-state index contributed by atoms with van der Waals surface area (Å²) in [6.45, 7) is 0.812. The zero-order valence-corrected chi connectivity index (χ0v) is 10.2. The smallest absolute Gasteiger partial charge is 0.403 e. The molecule has 0 bridgehead atoms. The van der Waals surface area contributed by atoms with Crippen molar-refractivity contribution in [3.05, 3.63) is 29.6 Å². The quantitative estimate of drug-likeness (QED) is 0.758. The van der Waals surface area contributed by atoms with Crippen LogP contribution in [0.1, 0.15) is 12.0 Å². The fraction of sp³-hybridized carbons (Fsp3) is 0.500. The molecule has 0 atom stereocenters. The van der Waals surface area contributed by atoms with Crippen molar-refractivity contribution in [2.45, 2.75) is 19.2 Å². The fourth-order valence-electron chi connectivity index (χ4n) is 1.51. The predicted molar refractivity (Wildman–Crippen MR) is 60.0 cm³/mol.